The lowest BCUT2D eigenvalue weighted by Gasteiger charge is -2.10. The Labute approximate surface area is 118 Å². The van der Waals surface area contributed by atoms with Crippen molar-refractivity contribution in [3.05, 3.63) is 36.7 Å². The molecule has 20 heavy (non-hydrogen) atoms. The number of thioether (sulfide) groups is 1. The fourth-order valence-corrected chi connectivity index (χ4v) is 2.17. The molecule has 1 aromatic heterocycles. The number of halogens is 2. The molecule has 1 amide bonds. The Kier molecular flexibility index (Phi) is 4.57. The Morgan fingerprint density at radius 1 is 1.45 bits per heavy atom. The largest absolute Gasteiger partial charge is 0.396 e. The third kappa shape index (κ3) is 3.95. The molecule has 0 saturated heterocycles. The molecule has 5 nitrogen and oxygen atoms in total. The molecule has 1 heterocycles. The number of hydrogen-bond donors (Lipinski definition) is 2. The summed E-state index contributed by atoms with van der Waals surface area (Å²) in [5.74, 6) is -2.91. The van der Waals surface area contributed by atoms with Crippen LogP contribution >= 0.6 is 11.8 Å². The molecule has 0 aliphatic rings. The average Bonchev–Trinajstić information content (AvgIpc) is 2.76. The van der Waals surface area contributed by atoms with Gasteiger partial charge in [-0.15, -0.1) is 0 Å². The lowest BCUT2D eigenvalue weighted by molar-refractivity contribution is -0.116. The van der Waals surface area contributed by atoms with Gasteiger partial charge in [0, 0.05) is 11.1 Å². The second-order valence-corrected chi connectivity index (χ2v) is 4.93. The van der Waals surface area contributed by atoms with Crippen LogP contribution in [0.2, 0.25) is 0 Å². The maximum absolute atomic E-state index is 12.4. The molecule has 0 fully saturated rings. The van der Waals surface area contributed by atoms with Crippen LogP contribution < -0.4 is 11.1 Å². The van der Waals surface area contributed by atoms with Crippen molar-refractivity contribution < 1.29 is 13.6 Å². The van der Waals surface area contributed by atoms with Gasteiger partial charge in [-0.25, -0.2) is 0 Å². The molecule has 0 aliphatic carbocycles. The first kappa shape index (κ1) is 14.3. The first-order valence-electron chi connectivity index (χ1n) is 5.66. The summed E-state index contributed by atoms with van der Waals surface area (Å²) in [6, 6.07) is 6.39. The van der Waals surface area contributed by atoms with Crippen LogP contribution in [0, 0.1) is 0 Å². The van der Waals surface area contributed by atoms with Gasteiger partial charge >= 0.3 is 0 Å². The molecule has 0 saturated carbocycles. The van der Waals surface area contributed by atoms with E-state index in [9.17, 15) is 13.6 Å². The van der Waals surface area contributed by atoms with Crippen LogP contribution in [0.3, 0.4) is 0 Å². The number of aromatic nitrogens is 2. The van der Waals surface area contributed by atoms with Gasteiger partial charge in [0.25, 0.3) is 5.76 Å². The van der Waals surface area contributed by atoms with Crippen LogP contribution in [0.15, 0.2) is 41.6 Å². The van der Waals surface area contributed by atoms with E-state index in [4.69, 9.17) is 5.73 Å². The van der Waals surface area contributed by atoms with Crippen LogP contribution in [-0.4, -0.2) is 21.4 Å². The number of nitrogens with zero attached hydrogens (tertiary/aromatic N) is 2. The molecule has 0 unspecified atom stereocenters. The van der Waals surface area contributed by atoms with Crippen molar-refractivity contribution in [2.45, 2.75) is 17.2 Å². The zero-order valence-electron chi connectivity index (χ0n) is 10.3. The van der Waals surface area contributed by atoms with Crippen molar-refractivity contribution in [2.75, 3.05) is 11.1 Å². The third-order valence-corrected chi connectivity index (χ3v) is 3.12. The van der Waals surface area contributed by atoms with E-state index in [0.717, 1.165) is 0 Å². The van der Waals surface area contributed by atoms with E-state index in [1.165, 1.54) is 23.1 Å². The molecule has 2 rings (SSSR count). The zero-order chi connectivity index (χ0) is 14.5. The fraction of sp³-hybridized carbons (Fsp3) is 0.167. The quantitative estimate of drug-likeness (QED) is 0.831. The lowest BCUT2D eigenvalue weighted by atomic mass is 10.3. The Morgan fingerprint density at radius 2 is 2.20 bits per heavy atom. The molecule has 0 radical (unpaired) electrons. The predicted octanol–water partition coefficient (Wildman–Crippen LogP) is 2.42. The summed E-state index contributed by atoms with van der Waals surface area (Å²) in [5.41, 5.74) is 6.28. The van der Waals surface area contributed by atoms with E-state index in [0.29, 0.717) is 28.0 Å². The summed E-state index contributed by atoms with van der Waals surface area (Å²) >= 11 is 0.387. The van der Waals surface area contributed by atoms with E-state index < -0.39 is 5.76 Å². The maximum atomic E-state index is 12.4. The topological polar surface area (TPSA) is 72.9 Å². The molecular weight excluding hydrogens is 286 g/mol. The van der Waals surface area contributed by atoms with Crippen LogP contribution in [0.1, 0.15) is 0 Å². The summed E-state index contributed by atoms with van der Waals surface area (Å²) in [4.78, 5) is 12.1. The number of carbonyl (C=O) groups is 1. The molecular formula is C12H12F2N4OS. The summed E-state index contributed by atoms with van der Waals surface area (Å²) in [5, 5.41) is 6.45. The Hall–Kier alpha value is -2.09. The number of nitrogen functional groups attached to an aromatic ring is 1. The molecule has 8 heteroatoms. The standard InChI is InChI=1S/C12H12F2N4OS/c13-12(14)20-10-4-2-1-3-9(10)17-11(19)7-18-6-8(15)5-16-18/h1-6,12H,7,15H2,(H,17,19). The molecule has 0 atom stereocenters. The normalized spacial score (nSPS) is 10.8. The summed E-state index contributed by atoms with van der Waals surface area (Å²) < 4.78 is 26.2. The SMILES string of the molecule is Nc1cnn(CC(=O)Nc2ccccc2SC(F)F)c1. The molecule has 3 N–H and O–H groups in total. The molecule has 106 valence electrons. The minimum atomic E-state index is -2.54. The van der Waals surface area contributed by atoms with Gasteiger partial charge in [-0.2, -0.15) is 13.9 Å². The smallest absolute Gasteiger partial charge is 0.288 e. The number of benzene rings is 1. The van der Waals surface area contributed by atoms with Crippen LogP contribution in [-0.2, 0) is 11.3 Å². The minimum absolute atomic E-state index is 0.0368. The highest BCUT2D eigenvalue weighted by molar-refractivity contribution is 7.99. The second-order valence-electron chi connectivity index (χ2n) is 3.89. The van der Waals surface area contributed by atoms with Crippen molar-refractivity contribution >= 4 is 29.0 Å². The second kappa shape index (κ2) is 6.38. The van der Waals surface area contributed by atoms with Gasteiger partial charge in [-0.05, 0) is 12.1 Å². The average molecular weight is 298 g/mol. The third-order valence-electron chi connectivity index (χ3n) is 2.34. The van der Waals surface area contributed by atoms with Crippen LogP contribution in [0.5, 0.6) is 0 Å². The highest BCUT2D eigenvalue weighted by atomic mass is 32.2. The monoisotopic (exact) mass is 298 g/mol. The van der Waals surface area contributed by atoms with E-state index >= 15 is 0 Å². The van der Waals surface area contributed by atoms with Crippen molar-refractivity contribution in [1.29, 1.82) is 0 Å². The van der Waals surface area contributed by atoms with E-state index in [1.54, 1.807) is 18.2 Å². The Morgan fingerprint density at radius 3 is 2.85 bits per heavy atom. The number of anilines is 2. The summed E-state index contributed by atoms with van der Waals surface area (Å²) in [7, 11) is 0. The highest BCUT2D eigenvalue weighted by Gasteiger charge is 2.12. The first-order chi connectivity index (χ1) is 9.54. The molecule has 0 aliphatic heterocycles. The maximum Gasteiger partial charge on any atom is 0.288 e. The summed E-state index contributed by atoms with van der Waals surface area (Å²) in [6.45, 7) is -0.0368. The van der Waals surface area contributed by atoms with E-state index in [-0.39, 0.29) is 12.5 Å². The van der Waals surface area contributed by atoms with E-state index in [1.807, 2.05) is 0 Å². The van der Waals surface area contributed by atoms with Crippen molar-refractivity contribution in [1.82, 2.24) is 9.78 Å². The number of alkyl halides is 2. The molecule has 0 bridgehead atoms. The molecule has 0 spiro atoms. The minimum Gasteiger partial charge on any atom is -0.396 e. The van der Waals surface area contributed by atoms with Crippen molar-refractivity contribution in [3.63, 3.8) is 0 Å². The van der Waals surface area contributed by atoms with Crippen molar-refractivity contribution in [3.8, 4) is 0 Å². The Balaban J connectivity index is 2.04. The zero-order valence-corrected chi connectivity index (χ0v) is 11.1. The van der Waals surface area contributed by atoms with Gasteiger partial charge in [0.1, 0.15) is 6.54 Å². The number of rotatable bonds is 5. The van der Waals surface area contributed by atoms with Gasteiger partial charge in [0.05, 0.1) is 17.6 Å². The number of para-hydroxylation sites is 1. The number of nitrogens with two attached hydrogens (primary N) is 1. The molecule has 1 aromatic carbocycles. The van der Waals surface area contributed by atoms with Crippen molar-refractivity contribution in [2.24, 2.45) is 0 Å². The van der Waals surface area contributed by atoms with Gasteiger partial charge in [-0.3, -0.25) is 9.48 Å². The molecule has 2 aromatic rings. The Bertz CT molecular complexity index is 603. The number of nitrogens with one attached hydrogen (secondary N) is 1. The predicted molar refractivity (Wildman–Crippen MR) is 73.6 cm³/mol. The lowest BCUT2D eigenvalue weighted by Crippen LogP contribution is -2.19. The van der Waals surface area contributed by atoms with Crippen LogP contribution in [0.25, 0.3) is 0 Å². The van der Waals surface area contributed by atoms with Gasteiger partial charge in [-0.1, -0.05) is 23.9 Å². The fourth-order valence-electron chi connectivity index (χ4n) is 1.57. The number of carbonyl (C=O) groups excluding carboxylic acids is 1. The number of amides is 1. The van der Waals surface area contributed by atoms with Crippen LogP contribution in [0.4, 0.5) is 20.2 Å². The number of hydrogen-bond acceptors (Lipinski definition) is 4. The highest BCUT2D eigenvalue weighted by Crippen LogP contribution is 2.31. The van der Waals surface area contributed by atoms with Gasteiger partial charge in [0.15, 0.2) is 0 Å². The first-order valence-corrected chi connectivity index (χ1v) is 6.54. The van der Waals surface area contributed by atoms with Gasteiger partial charge in [0.2, 0.25) is 5.91 Å². The summed E-state index contributed by atoms with van der Waals surface area (Å²) in [6.07, 6.45) is 2.94. The van der Waals surface area contributed by atoms with Gasteiger partial charge < -0.3 is 11.1 Å². The van der Waals surface area contributed by atoms with E-state index in [2.05, 4.69) is 10.4 Å².